The Kier molecular flexibility index (Phi) is 3.48. The van der Waals surface area contributed by atoms with Crippen molar-refractivity contribution in [3.8, 4) is 0 Å². The fourth-order valence-corrected chi connectivity index (χ4v) is 4.75. The van der Waals surface area contributed by atoms with E-state index in [0.717, 1.165) is 23.6 Å². The number of pyridine rings is 1. The van der Waals surface area contributed by atoms with Crippen molar-refractivity contribution in [3.63, 3.8) is 0 Å². The zero-order chi connectivity index (χ0) is 16.1. The summed E-state index contributed by atoms with van der Waals surface area (Å²) >= 11 is 1.58. The third kappa shape index (κ3) is 2.56. The summed E-state index contributed by atoms with van der Waals surface area (Å²) in [7, 11) is 0. The van der Waals surface area contributed by atoms with Crippen LogP contribution in [0.3, 0.4) is 0 Å². The van der Waals surface area contributed by atoms with Gasteiger partial charge in [0.05, 0.1) is 10.9 Å². The number of fused-ring (bicyclic) bond motifs is 1. The van der Waals surface area contributed by atoms with Gasteiger partial charge in [0.25, 0.3) is 11.5 Å². The third-order valence-electron chi connectivity index (χ3n) is 5.10. The number of hydrogen-bond acceptors (Lipinski definition) is 4. The Morgan fingerprint density at radius 1 is 1.22 bits per heavy atom. The molecule has 1 saturated heterocycles. The van der Waals surface area contributed by atoms with E-state index < -0.39 is 11.9 Å². The van der Waals surface area contributed by atoms with Gasteiger partial charge in [0, 0.05) is 37.0 Å². The maximum absolute atomic E-state index is 12.7. The lowest BCUT2D eigenvalue weighted by molar-refractivity contribution is -0.142. The number of thioether (sulfide) groups is 1. The largest absolute Gasteiger partial charge is 0.481 e. The molecule has 1 N–H and O–H groups in total. The molecule has 2 fully saturated rings. The summed E-state index contributed by atoms with van der Waals surface area (Å²) in [5.74, 6) is -0.163. The van der Waals surface area contributed by atoms with Crippen molar-refractivity contribution in [2.75, 3.05) is 18.8 Å². The van der Waals surface area contributed by atoms with E-state index in [1.54, 1.807) is 27.3 Å². The number of likely N-dealkylation sites (tertiary alicyclic amines) is 1. The van der Waals surface area contributed by atoms with Gasteiger partial charge in [0.1, 0.15) is 0 Å². The Morgan fingerprint density at radius 2 is 2.00 bits per heavy atom. The highest BCUT2D eigenvalue weighted by Crippen LogP contribution is 2.44. The molecule has 1 amide bonds. The zero-order valence-corrected chi connectivity index (χ0v) is 13.4. The standard InChI is InChI=1S/C16H18N2O4S/c19-13-5-10(6-14-18(13)3-4-23-14)15(20)17-7-11(9-1-2-9)12(8-17)16(21)22/h5-6,9,11-12H,1-4,7-8H2,(H,21,22)/t11-,12+/m0/s1. The minimum absolute atomic E-state index is 0.0568. The van der Waals surface area contributed by atoms with Crippen LogP contribution in [0, 0.1) is 17.8 Å². The normalized spacial score (nSPS) is 26.3. The number of amides is 1. The lowest BCUT2D eigenvalue weighted by Crippen LogP contribution is -2.31. The molecule has 1 aromatic rings. The molecule has 1 aliphatic carbocycles. The predicted molar refractivity (Wildman–Crippen MR) is 84.7 cm³/mol. The molecule has 122 valence electrons. The van der Waals surface area contributed by atoms with Crippen LogP contribution in [0.4, 0.5) is 0 Å². The van der Waals surface area contributed by atoms with Crippen LogP contribution in [0.5, 0.6) is 0 Å². The second kappa shape index (κ2) is 5.40. The topological polar surface area (TPSA) is 79.6 Å². The third-order valence-corrected chi connectivity index (χ3v) is 6.12. The summed E-state index contributed by atoms with van der Waals surface area (Å²) in [6.45, 7) is 1.43. The van der Waals surface area contributed by atoms with Gasteiger partial charge in [0.2, 0.25) is 0 Å². The van der Waals surface area contributed by atoms with Crippen LogP contribution in [-0.4, -0.2) is 45.3 Å². The molecule has 2 aliphatic heterocycles. The number of carbonyl (C=O) groups is 2. The lowest BCUT2D eigenvalue weighted by atomic mass is 9.92. The van der Waals surface area contributed by atoms with Crippen molar-refractivity contribution in [2.24, 2.45) is 17.8 Å². The van der Waals surface area contributed by atoms with Crippen molar-refractivity contribution >= 4 is 23.6 Å². The lowest BCUT2D eigenvalue weighted by Gasteiger charge is -2.17. The molecule has 0 bridgehead atoms. The summed E-state index contributed by atoms with van der Waals surface area (Å²) in [6, 6.07) is 3.15. The summed E-state index contributed by atoms with van der Waals surface area (Å²) in [5, 5.41) is 10.2. The highest BCUT2D eigenvalue weighted by Gasteiger charge is 2.47. The number of rotatable bonds is 3. The van der Waals surface area contributed by atoms with Crippen LogP contribution in [0.2, 0.25) is 0 Å². The highest BCUT2D eigenvalue weighted by atomic mass is 32.2. The van der Waals surface area contributed by atoms with Gasteiger partial charge < -0.3 is 14.6 Å². The number of carboxylic acid groups (broad SMARTS) is 1. The van der Waals surface area contributed by atoms with Crippen LogP contribution in [-0.2, 0) is 11.3 Å². The molecule has 0 radical (unpaired) electrons. The van der Waals surface area contributed by atoms with Gasteiger partial charge in [-0.2, -0.15) is 0 Å². The first-order valence-corrected chi connectivity index (χ1v) is 8.93. The molecule has 23 heavy (non-hydrogen) atoms. The molecule has 4 rings (SSSR count). The first kappa shape index (κ1) is 14.8. The number of carbonyl (C=O) groups excluding carboxylic acids is 1. The second-order valence-corrected chi connectivity index (χ2v) is 7.69. The summed E-state index contributed by atoms with van der Waals surface area (Å²) in [5.41, 5.74) is 0.236. The fraction of sp³-hybridized carbons (Fsp3) is 0.562. The summed E-state index contributed by atoms with van der Waals surface area (Å²) in [6.07, 6.45) is 2.13. The van der Waals surface area contributed by atoms with E-state index in [1.165, 1.54) is 6.07 Å². The fourth-order valence-electron chi connectivity index (χ4n) is 3.72. The molecule has 0 spiro atoms. The molecule has 7 heteroatoms. The van der Waals surface area contributed by atoms with Gasteiger partial charge in [-0.05, 0) is 30.7 Å². The van der Waals surface area contributed by atoms with Crippen molar-refractivity contribution in [3.05, 3.63) is 28.0 Å². The van der Waals surface area contributed by atoms with Gasteiger partial charge in [0.15, 0.2) is 0 Å². The van der Waals surface area contributed by atoms with Crippen molar-refractivity contribution < 1.29 is 14.7 Å². The van der Waals surface area contributed by atoms with Crippen LogP contribution in [0.1, 0.15) is 23.2 Å². The van der Waals surface area contributed by atoms with Gasteiger partial charge >= 0.3 is 5.97 Å². The average Bonchev–Trinajstić information content (AvgIpc) is 3.09. The van der Waals surface area contributed by atoms with E-state index in [2.05, 4.69) is 0 Å². The number of aliphatic carboxylic acids is 1. The average molecular weight is 334 g/mol. The van der Waals surface area contributed by atoms with Crippen molar-refractivity contribution in [1.82, 2.24) is 9.47 Å². The van der Waals surface area contributed by atoms with Crippen LogP contribution >= 0.6 is 11.8 Å². The second-order valence-electron chi connectivity index (χ2n) is 6.58. The Bertz CT molecular complexity index is 740. The van der Waals surface area contributed by atoms with E-state index >= 15 is 0 Å². The van der Waals surface area contributed by atoms with E-state index in [9.17, 15) is 19.5 Å². The van der Waals surface area contributed by atoms with Gasteiger partial charge in [-0.15, -0.1) is 11.8 Å². The number of hydrogen-bond donors (Lipinski definition) is 1. The van der Waals surface area contributed by atoms with E-state index in [-0.39, 0.29) is 23.9 Å². The minimum atomic E-state index is -0.818. The zero-order valence-electron chi connectivity index (χ0n) is 12.6. The van der Waals surface area contributed by atoms with Crippen molar-refractivity contribution in [2.45, 2.75) is 24.4 Å². The Balaban J connectivity index is 1.59. The molecule has 3 heterocycles. The molecule has 0 unspecified atom stereocenters. The quantitative estimate of drug-likeness (QED) is 0.896. The van der Waals surface area contributed by atoms with Gasteiger partial charge in [-0.3, -0.25) is 14.4 Å². The SMILES string of the molecule is O=C(O)[C@@H]1CN(C(=O)c2cc3n(c(=O)c2)CCS3)C[C@H]1C1CC1. The van der Waals surface area contributed by atoms with Crippen LogP contribution in [0.15, 0.2) is 22.0 Å². The molecule has 0 aromatic carbocycles. The van der Waals surface area contributed by atoms with Gasteiger partial charge in [-0.1, -0.05) is 0 Å². The molecule has 1 saturated carbocycles. The summed E-state index contributed by atoms with van der Waals surface area (Å²) in [4.78, 5) is 37.9. The summed E-state index contributed by atoms with van der Waals surface area (Å²) < 4.78 is 1.68. The maximum atomic E-state index is 12.7. The van der Waals surface area contributed by atoms with Crippen LogP contribution in [0.25, 0.3) is 0 Å². The monoisotopic (exact) mass is 334 g/mol. The van der Waals surface area contributed by atoms with E-state index in [1.807, 2.05) is 0 Å². The Hall–Kier alpha value is -1.76. The van der Waals surface area contributed by atoms with Crippen molar-refractivity contribution in [1.29, 1.82) is 0 Å². The number of carboxylic acids is 1. The van der Waals surface area contributed by atoms with E-state index in [4.69, 9.17) is 0 Å². The first-order valence-electron chi connectivity index (χ1n) is 7.94. The number of aromatic nitrogens is 1. The smallest absolute Gasteiger partial charge is 0.308 e. The maximum Gasteiger partial charge on any atom is 0.308 e. The van der Waals surface area contributed by atoms with Crippen LogP contribution < -0.4 is 5.56 Å². The minimum Gasteiger partial charge on any atom is -0.481 e. The first-order chi connectivity index (χ1) is 11.0. The molecule has 1 aromatic heterocycles. The van der Waals surface area contributed by atoms with Gasteiger partial charge in [-0.25, -0.2) is 0 Å². The molecule has 3 aliphatic rings. The molecular formula is C16H18N2O4S. The molecular weight excluding hydrogens is 316 g/mol. The van der Waals surface area contributed by atoms with E-state index in [0.29, 0.717) is 24.6 Å². The predicted octanol–water partition coefficient (Wildman–Crippen LogP) is 1.14. The number of nitrogens with zero attached hydrogens (tertiary/aromatic N) is 2. The molecule has 2 atom stereocenters. The Morgan fingerprint density at radius 3 is 2.70 bits per heavy atom. The molecule has 6 nitrogen and oxygen atoms in total. The Labute approximate surface area is 137 Å². The highest BCUT2D eigenvalue weighted by molar-refractivity contribution is 7.99.